The Labute approximate surface area is 862 Å². The number of rotatable bonds is 5. The van der Waals surface area contributed by atoms with E-state index < -0.39 is 0 Å². The van der Waals surface area contributed by atoms with Crippen molar-refractivity contribution < 1.29 is 22.1 Å². The predicted molar refractivity (Wildman–Crippen MR) is 631 cm³/mol. The lowest BCUT2D eigenvalue weighted by Gasteiger charge is -2.22. The first-order valence-electron chi connectivity index (χ1n) is 50.5. The van der Waals surface area contributed by atoms with Crippen molar-refractivity contribution in [2.24, 2.45) is 0 Å². The standard InChI is InChI=1S/C36H19NO2S.C36H19NOS2.C33H19NOS.C29H14N2OS/c1-2-7-22(8-3-1)37-25-10-5-4-9-23(25)24-17-20(13-14-26(24)37)21-18-30-34-32(19-21)40-31-16-15-29-35(36(31)34)33-27(38-29)11-6-12-28(33)39-30;1-2-7-22(8-3-1)37-25-10-5-4-9-23(25)24-17-20(13-14-26(24)37)21-18-31-35-32(19-21)40-30-16-15-28-34(36(30)35)33-27(38-28)11-6-12-29(33)39-31;1-33(2)19-7-4-3-6-16(19)17-10-12-21-26(31(17)33)18-11-14-25-30-29-24(36-25)15-13-23-28(29)27-20(34(21)32(18)30)8-5-9-22(27)35-23;1-2-4-15(5-3-1)16-6-8-19-18(14-16)17-7-10-23-27-26-22(33-23)11-9-21-25(26)24-20(31(19)28(17)27)12-13-30-29(24)32-21/h2*1-19H;3-15H,1-2H3;1-14H. The van der Waals surface area contributed by atoms with Gasteiger partial charge < -0.3 is 40.0 Å². The van der Waals surface area contributed by atoms with E-state index in [1.807, 2.05) is 75.0 Å². The molecule has 17 aromatic heterocycles. The van der Waals surface area contributed by atoms with E-state index in [9.17, 15) is 0 Å². The van der Waals surface area contributed by atoms with Crippen LogP contribution in [0.5, 0.6) is 0 Å². The molecule has 0 atom stereocenters. The summed E-state index contributed by atoms with van der Waals surface area (Å²) in [7, 11) is 0. The molecule has 21 aromatic carbocycles. The highest BCUT2D eigenvalue weighted by Gasteiger charge is 2.40. The van der Waals surface area contributed by atoms with Crippen LogP contribution >= 0.6 is 56.7 Å². The third-order valence-electron chi connectivity index (χ3n) is 32.8. The smallest absolute Gasteiger partial charge is 0.229 e. The van der Waals surface area contributed by atoms with E-state index in [1.54, 1.807) is 0 Å². The van der Waals surface area contributed by atoms with Gasteiger partial charge in [-0.2, -0.15) is 0 Å². The van der Waals surface area contributed by atoms with Gasteiger partial charge in [-0.15, -0.1) is 56.7 Å². The van der Waals surface area contributed by atoms with Crippen LogP contribution in [0.3, 0.4) is 0 Å². The van der Waals surface area contributed by atoms with Crippen LogP contribution in [0.15, 0.2) is 417 Å². The molecule has 0 radical (unpaired) electrons. The van der Waals surface area contributed by atoms with Crippen LogP contribution in [0.25, 0.3) is 343 Å². The first-order valence-corrected chi connectivity index (χ1v) is 54.5. The fourth-order valence-corrected chi connectivity index (χ4v) is 32.6. The van der Waals surface area contributed by atoms with Gasteiger partial charge in [0.15, 0.2) is 0 Å². The quantitative estimate of drug-likeness (QED) is 0.170. The number of aromatic nitrogens is 5. The van der Waals surface area contributed by atoms with Gasteiger partial charge in [0.2, 0.25) is 5.71 Å². The van der Waals surface area contributed by atoms with Gasteiger partial charge in [-0.25, -0.2) is 4.98 Å². The highest BCUT2D eigenvalue weighted by molar-refractivity contribution is 7.29. The molecule has 1 aliphatic carbocycles. The lowest BCUT2D eigenvalue weighted by molar-refractivity contribution is 0.654. The minimum Gasteiger partial charge on any atom is -0.456 e. The molecule has 0 fully saturated rings. The Kier molecular flexibility index (Phi) is 15.6. The normalized spacial score (nSPS) is 13.2. The summed E-state index contributed by atoms with van der Waals surface area (Å²) in [4.78, 5) is 4.60. The van der Waals surface area contributed by atoms with Crippen molar-refractivity contribution in [2.75, 3.05) is 0 Å². The van der Waals surface area contributed by atoms with E-state index in [2.05, 4.69) is 413 Å². The maximum absolute atomic E-state index is 6.70. The lowest BCUT2D eigenvalue weighted by Crippen LogP contribution is -2.15. The Hall–Kier alpha value is -17.9. The van der Waals surface area contributed by atoms with Gasteiger partial charge in [0.25, 0.3) is 0 Å². The van der Waals surface area contributed by atoms with E-state index in [0.717, 1.165) is 77.5 Å². The molecule has 149 heavy (non-hydrogen) atoms. The number of benzene rings is 21. The summed E-state index contributed by atoms with van der Waals surface area (Å²) in [6.07, 6.45) is 1.87. The maximum Gasteiger partial charge on any atom is 0.229 e. The third kappa shape index (κ3) is 10.6. The number of hydrogen-bond donors (Lipinski definition) is 0. The molecule has 0 saturated carbocycles. The van der Waals surface area contributed by atoms with Crippen LogP contribution in [-0.2, 0) is 5.41 Å². The first-order chi connectivity index (χ1) is 73.6. The molecule has 38 aromatic rings. The zero-order valence-electron chi connectivity index (χ0n) is 79.3. The van der Waals surface area contributed by atoms with E-state index in [4.69, 9.17) is 22.1 Å². The highest BCUT2D eigenvalue weighted by atomic mass is 32.1. The summed E-state index contributed by atoms with van der Waals surface area (Å²) >= 11 is 9.34. The van der Waals surface area contributed by atoms with Crippen molar-refractivity contribution in [2.45, 2.75) is 19.3 Å². The summed E-state index contributed by atoms with van der Waals surface area (Å²) in [6, 6.07) is 141. The van der Waals surface area contributed by atoms with Gasteiger partial charge in [-0.3, -0.25) is 0 Å². The van der Waals surface area contributed by atoms with Crippen LogP contribution in [0, 0.1) is 0 Å². The van der Waals surface area contributed by atoms with E-state index in [1.165, 1.54) is 271 Å². The fraction of sp³-hybridized carbons (Fsp3) is 0.0224. The highest BCUT2D eigenvalue weighted by Crippen LogP contribution is 2.60. The second-order valence-electron chi connectivity index (χ2n) is 40.7. The average Bonchev–Trinajstić information content (AvgIpc) is 1.54. The lowest BCUT2D eigenvalue weighted by atomic mass is 9.80. The summed E-state index contributed by atoms with van der Waals surface area (Å²) in [6.45, 7) is 4.78. The SMILES string of the molecule is CC1(C)c2ccccc2-c2ccc3c(c21)c1ccc2sc4ccc5oc6cccc7c6c5c4c2c1n37.c1ccc(-c2ccc3c(c2)c2ccc4sc5ccc6oc7nccc8c7c6c5c4c2n38)cc1.c1ccc(-n2c3ccccc3c3cc(-c4cc5oc6cccc7oc8ccc9sc(c4)c5c9c8c67)ccc32)cc1.c1ccc(-n2c3ccccc3c3cc(-c4cc5sc6cccc7oc8ccc9sc(c4)c5c9c8c76)ccc32)cc1. The van der Waals surface area contributed by atoms with Gasteiger partial charge in [-0.1, -0.05) is 196 Å². The Morgan fingerprint density at radius 1 is 0.208 bits per heavy atom. The number of fused-ring (bicyclic) bond motifs is 18. The minimum absolute atomic E-state index is 0.0690. The van der Waals surface area contributed by atoms with E-state index in [0.29, 0.717) is 5.71 Å². The van der Waals surface area contributed by atoms with Crippen molar-refractivity contribution in [3.8, 4) is 55.9 Å². The molecule has 0 aliphatic heterocycles. The van der Waals surface area contributed by atoms with Crippen molar-refractivity contribution in [3.63, 3.8) is 0 Å². The Balaban J connectivity index is 0.0000000821. The topological polar surface area (TPSA) is 97.3 Å². The molecule has 15 heteroatoms. The van der Waals surface area contributed by atoms with E-state index >= 15 is 0 Å². The number of para-hydroxylation sites is 4. The second kappa shape index (κ2) is 28.8. The molecule has 1 aliphatic rings. The first kappa shape index (κ1) is 80.4. The van der Waals surface area contributed by atoms with Gasteiger partial charge in [0.1, 0.15) is 50.2 Å². The molecule has 0 spiro atoms. The second-order valence-corrected chi connectivity index (χ2v) is 46.1. The minimum atomic E-state index is -0.0690. The van der Waals surface area contributed by atoms with Crippen molar-refractivity contribution in [1.29, 1.82) is 0 Å². The summed E-state index contributed by atoms with van der Waals surface area (Å²) < 4.78 is 54.6. The maximum atomic E-state index is 6.70. The summed E-state index contributed by atoms with van der Waals surface area (Å²) in [5, 5.41) is 30.4. The Morgan fingerprint density at radius 3 is 1.23 bits per heavy atom. The number of nitrogens with zero attached hydrogens (tertiary/aromatic N) is 5. The molecule has 17 heterocycles. The molecular formula is C134H71N5O5S5. The third-order valence-corrected chi connectivity index (χ3v) is 38.3. The molecule has 0 saturated heterocycles. The summed E-state index contributed by atoms with van der Waals surface area (Å²) in [5.74, 6) is 0. The largest absolute Gasteiger partial charge is 0.456 e. The Morgan fingerprint density at radius 2 is 0.604 bits per heavy atom. The molecule has 0 amide bonds. The van der Waals surface area contributed by atoms with Gasteiger partial charge in [-0.05, 0) is 262 Å². The van der Waals surface area contributed by atoms with E-state index in [-0.39, 0.29) is 5.41 Å². The van der Waals surface area contributed by atoms with Gasteiger partial charge in [0, 0.05) is 183 Å². The molecular weight excluding hydrogens is 1920 g/mol. The zero-order valence-corrected chi connectivity index (χ0v) is 83.4. The predicted octanol–water partition coefficient (Wildman–Crippen LogP) is 40.4. The van der Waals surface area contributed by atoms with Crippen LogP contribution in [0.4, 0.5) is 0 Å². The average molecular weight is 1990 g/mol. The molecule has 0 unspecified atom stereocenters. The molecule has 39 rings (SSSR count). The Bertz CT molecular complexity index is 12200. The van der Waals surface area contributed by atoms with Crippen LogP contribution in [0.1, 0.15) is 25.0 Å². The number of pyridine rings is 1. The molecule has 10 nitrogen and oxygen atoms in total. The van der Waals surface area contributed by atoms with Gasteiger partial charge >= 0.3 is 0 Å². The van der Waals surface area contributed by atoms with Gasteiger partial charge in [0.05, 0.1) is 71.3 Å². The summed E-state index contributed by atoms with van der Waals surface area (Å²) in [5.41, 5.74) is 36.6. The van der Waals surface area contributed by atoms with Crippen LogP contribution in [-0.4, -0.2) is 22.9 Å². The molecule has 0 bridgehead atoms. The van der Waals surface area contributed by atoms with Crippen molar-refractivity contribution in [1.82, 2.24) is 22.9 Å². The number of thiophene rings is 4. The fourth-order valence-electron chi connectivity index (χ4n) is 26.8. The molecule has 0 N–H and O–H groups in total. The van der Waals surface area contributed by atoms with Crippen molar-refractivity contribution in [3.05, 3.63) is 406 Å². The zero-order chi connectivity index (χ0) is 96.7. The van der Waals surface area contributed by atoms with Crippen LogP contribution in [0.2, 0.25) is 0 Å². The van der Waals surface area contributed by atoms with Crippen LogP contribution < -0.4 is 0 Å². The number of furan rings is 4. The van der Waals surface area contributed by atoms with Crippen molar-refractivity contribution >= 4 is 344 Å². The number of hydrogen-bond acceptors (Lipinski definition) is 11. The molecule has 692 valence electrons. The monoisotopic (exact) mass is 1990 g/mol.